The van der Waals surface area contributed by atoms with Gasteiger partial charge in [-0.25, -0.2) is 9.97 Å². The highest BCUT2D eigenvalue weighted by atomic mass is 15.3. The minimum absolute atomic E-state index is 0.552. The summed E-state index contributed by atoms with van der Waals surface area (Å²) in [6, 6.07) is 0.552. The molecule has 0 amide bonds. The summed E-state index contributed by atoms with van der Waals surface area (Å²) < 4.78 is 1.78. The van der Waals surface area contributed by atoms with Crippen LogP contribution in [0.5, 0.6) is 0 Å². The molecule has 1 saturated heterocycles. The Morgan fingerprint density at radius 3 is 3.06 bits per heavy atom. The Kier molecular flexibility index (Phi) is 2.44. The number of aromatic nitrogens is 4. The molecule has 90 valence electrons. The molecule has 0 aromatic carbocycles. The van der Waals surface area contributed by atoms with Gasteiger partial charge in [-0.15, -0.1) is 0 Å². The number of aryl methyl sites for hydroxylation is 1. The maximum atomic E-state index is 4.40. The number of hydrogen-bond donors (Lipinski definition) is 1. The second kappa shape index (κ2) is 3.96. The summed E-state index contributed by atoms with van der Waals surface area (Å²) >= 11 is 0. The number of nitrogens with one attached hydrogen (secondary N) is 1. The average Bonchev–Trinajstić information content (AvgIpc) is 2.96. The van der Waals surface area contributed by atoms with Crippen molar-refractivity contribution in [3.63, 3.8) is 0 Å². The zero-order chi connectivity index (χ0) is 11.8. The number of nitrogens with zero attached hydrogens (tertiary/aromatic N) is 5. The lowest BCUT2D eigenvalue weighted by Gasteiger charge is -2.17. The van der Waals surface area contributed by atoms with Crippen molar-refractivity contribution in [3.8, 4) is 0 Å². The summed E-state index contributed by atoms with van der Waals surface area (Å²) in [4.78, 5) is 11.0. The summed E-state index contributed by atoms with van der Waals surface area (Å²) in [5, 5.41) is 8.58. The van der Waals surface area contributed by atoms with Crippen molar-refractivity contribution in [1.29, 1.82) is 0 Å². The number of likely N-dealkylation sites (N-methyl/N-ethyl adjacent to an activating group) is 1. The van der Waals surface area contributed by atoms with Crippen LogP contribution in [0.1, 0.15) is 6.42 Å². The molecule has 1 fully saturated rings. The van der Waals surface area contributed by atoms with E-state index in [4.69, 9.17) is 0 Å². The molecule has 1 aliphatic heterocycles. The Balaban J connectivity index is 2.00. The van der Waals surface area contributed by atoms with Crippen LogP contribution in [-0.4, -0.2) is 45.9 Å². The predicted molar refractivity (Wildman–Crippen MR) is 66.0 cm³/mol. The average molecular weight is 232 g/mol. The van der Waals surface area contributed by atoms with Crippen LogP contribution in [0.25, 0.3) is 11.0 Å². The summed E-state index contributed by atoms with van der Waals surface area (Å²) in [6.45, 7) is 2.03. The van der Waals surface area contributed by atoms with Gasteiger partial charge in [0.05, 0.1) is 11.6 Å². The fourth-order valence-corrected chi connectivity index (χ4v) is 2.39. The molecule has 1 unspecified atom stereocenters. The highest BCUT2D eigenvalue weighted by molar-refractivity contribution is 5.86. The largest absolute Gasteiger partial charge is 0.354 e. The molecule has 0 bridgehead atoms. The fourth-order valence-electron chi connectivity index (χ4n) is 2.39. The van der Waals surface area contributed by atoms with Gasteiger partial charge in [0, 0.05) is 26.2 Å². The summed E-state index contributed by atoms with van der Waals surface area (Å²) in [7, 11) is 3.91. The van der Waals surface area contributed by atoms with E-state index in [1.165, 1.54) is 0 Å². The summed E-state index contributed by atoms with van der Waals surface area (Å²) in [5.74, 6) is 1.00. The molecule has 1 atom stereocenters. The van der Waals surface area contributed by atoms with Crippen molar-refractivity contribution in [2.75, 3.05) is 25.0 Å². The highest BCUT2D eigenvalue weighted by Crippen LogP contribution is 2.25. The molecule has 2 aromatic heterocycles. The summed E-state index contributed by atoms with van der Waals surface area (Å²) in [5.41, 5.74) is 0.892. The number of rotatable bonds is 2. The number of hydrogen-bond acceptors (Lipinski definition) is 5. The second-order valence-electron chi connectivity index (χ2n) is 4.42. The van der Waals surface area contributed by atoms with Gasteiger partial charge in [0.1, 0.15) is 12.1 Å². The third-order valence-electron chi connectivity index (χ3n) is 3.40. The summed E-state index contributed by atoms with van der Waals surface area (Å²) in [6.07, 6.45) is 4.62. The molecule has 0 spiro atoms. The van der Waals surface area contributed by atoms with Gasteiger partial charge >= 0.3 is 0 Å². The third kappa shape index (κ3) is 1.64. The topological polar surface area (TPSA) is 58.9 Å². The molecule has 1 N–H and O–H groups in total. The van der Waals surface area contributed by atoms with Crippen molar-refractivity contribution in [2.45, 2.75) is 12.5 Å². The first-order valence-corrected chi connectivity index (χ1v) is 5.84. The Morgan fingerprint density at radius 1 is 1.41 bits per heavy atom. The highest BCUT2D eigenvalue weighted by Gasteiger charge is 2.24. The zero-order valence-corrected chi connectivity index (χ0v) is 10.1. The standard InChI is InChI=1S/C11H16N6/c1-12-8-3-4-17(6-8)11-9-5-15-16(2)10(9)13-7-14-11/h5,7-8,12H,3-4,6H2,1-2H3. The molecule has 0 aliphatic carbocycles. The van der Waals surface area contributed by atoms with Crippen LogP contribution in [0.3, 0.4) is 0 Å². The van der Waals surface area contributed by atoms with Crippen LogP contribution in [0, 0.1) is 0 Å². The number of fused-ring (bicyclic) bond motifs is 1. The Hall–Kier alpha value is -1.69. The van der Waals surface area contributed by atoms with Gasteiger partial charge in [-0.1, -0.05) is 0 Å². The van der Waals surface area contributed by atoms with Crippen LogP contribution in [0.4, 0.5) is 5.82 Å². The van der Waals surface area contributed by atoms with E-state index in [9.17, 15) is 0 Å². The van der Waals surface area contributed by atoms with Gasteiger partial charge in [0.25, 0.3) is 0 Å². The minimum Gasteiger partial charge on any atom is -0.354 e. The molecule has 3 heterocycles. The first-order chi connectivity index (χ1) is 8.29. The Bertz CT molecular complexity index is 534. The van der Waals surface area contributed by atoms with Crippen LogP contribution >= 0.6 is 0 Å². The van der Waals surface area contributed by atoms with Crippen molar-refractivity contribution < 1.29 is 0 Å². The SMILES string of the molecule is CNC1CCN(c2ncnc3c2cnn3C)C1. The van der Waals surface area contributed by atoms with E-state index in [-0.39, 0.29) is 0 Å². The van der Waals surface area contributed by atoms with Gasteiger partial charge in [-0.2, -0.15) is 5.10 Å². The van der Waals surface area contributed by atoms with E-state index < -0.39 is 0 Å². The van der Waals surface area contributed by atoms with Crippen LogP contribution in [0.2, 0.25) is 0 Å². The maximum absolute atomic E-state index is 4.40. The fraction of sp³-hybridized carbons (Fsp3) is 0.545. The Labute approximate surface area is 99.7 Å². The quantitative estimate of drug-likeness (QED) is 0.799. The van der Waals surface area contributed by atoms with E-state index >= 15 is 0 Å². The molecule has 2 aromatic rings. The Morgan fingerprint density at radius 2 is 2.29 bits per heavy atom. The van der Waals surface area contributed by atoms with E-state index in [0.717, 1.165) is 36.4 Å². The molecular weight excluding hydrogens is 216 g/mol. The van der Waals surface area contributed by atoms with Gasteiger partial charge in [0.15, 0.2) is 5.65 Å². The third-order valence-corrected chi connectivity index (χ3v) is 3.40. The predicted octanol–water partition coefficient (Wildman–Crippen LogP) is 0.161. The van der Waals surface area contributed by atoms with Crippen LogP contribution in [-0.2, 0) is 7.05 Å². The van der Waals surface area contributed by atoms with E-state index in [2.05, 4.69) is 25.3 Å². The van der Waals surface area contributed by atoms with Crippen molar-refractivity contribution in [3.05, 3.63) is 12.5 Å². The molecule has 6 heteroatoms. The van der Waals surface area contributed by atoms with Crippen molar-refractivity contribution in [2.24, 2.45) is 7.05 Å². The van der Waals surface area contributed by atoms with Gasteiger partial charge in [-0.3, -0.25) is 4.68 Å². The van der Waals surface area contributed by atoms with Gasteiger partial charge in [0.2, 0.25) is 0 Å². The molecule has 3 rings (SSSR count). The normalized spacial score (nSPS) is 20.4. The number of anilines is 1. The van der Waals surface area contributed by atoms with E-state index in [1.807, 2.05) is 20.3 Å². The van der Waals surface area contributed by atoms with E-state index in [0.29, 0.717) is 6.04 Å². The monoisotopic (exact) mass is 232 g/mol. The molecular formula is C11H16N6. The van der Waals surface area contributed by atoms with Crippen LogP contribution < -0.4 is 10.2 Å². The minimum atomic E-state index is 0.552. The lowest BCUT2D eigenvalue weighted by Crippen LogP contribution is -2.29. The molecule has 17 heavy (non-hydrogen) atoms. The zero-order valence-electron chi connectivity index (χ0n) is 10.1. The van der Waals surface area contributed by atoms with Crippen molar-refractivity contribution in [1.82, 2.24) is 25.1 Å². The van der Waals surface area contributed by atoms with Gasteiger partial charge < -0.3 is 10.2 Å². The van der Waals surface area contributed by atoms with Gasteiger partial charge in [-0.05, 0) is 13.5 Å². The maximum Gasteiger partial charge on any atom is 0.163 e. The second-order valence-corrected chi connectivity index (χ2v) is 4.42. The molecule has 1 aliphatic rings. The lowest BCUT2D eigenvalue weighted by molar-refractivity contribution is 0.616. The first kappa shape index (κ1) is 10.5. The van der Waals surface area contributed by atoms with E-state index in [1.54, 1.807) is 11.0 Å². The molecule has 0 radical (unpaired) electrons. The van der Waals surface area contributed by atoms with Crippen LogP contribution in [0.15, 0.2) is 12.5 Å². The lowest BCUT2D eigenvalue weighted by atomic mass is 10.3. The smallest absolute Gasteiger partial charge is 0.163 e. The first-order valence-electron chi connectivity index (χ1n) is 5.84. The van der Waals surface area contributed by atoms with Crippen molar-refractivity contribution >= 4 is 16.9 Å². The molecule has 0 saturated carbocycles. The molecule has 6 nitrogen and oxygen atoms in total.